The molecule has 1 fully saturated rings. The second-order valence-corrected chi connectivity index (χ2v) is 8.64. The van der Waals surface area contributed by atoms with Gasteiger partial charge in [0.05, 0.1) is 30.7 Å². The van der Waals surface area contributed by atoms with Crippen LogP contribution < -0.4 is 9.47 Å². The molecule has 4 heterocycles. The third kappa shape index (κ3) is 2.67. The first-order valence-electron chi connectivity index (χ1n) is 9.07. The van der Waals surface area contributed by atoms with E-state index in [0.717, 1.165) is 56.6 Å². The molecule has 0 bridgehead atoms. The average molecular weight is 414 g/mol. The molecule has 144 valence electrons. The summed E-state index contributed by atoms with van der Waals surface area (Å²) in [5, 5.41) is 2.01. The number of hydrogen-bond donors (Lipinski definition) is 0. The van der Waals surface area contributed by atoms with E-state index < -0.39 is 0 Å². The SMILES string of the molecule is COc1ccc(C2CCCN2C(=O)c2cc3c(nc4sccn43)s2)c(OC)c1. The molecule has 1 aliphatic heterocycles. The number of carbonyl (C=O) groups excluding carboxylic acids is 1. The molecule has 1 aliphatic rings. The maximum atomic E-state index is 13.3. The molecule has 1 aromatic carbocycles. The number of hydrogen-bond acceptors (Lipinski definition) is 6. The fourth-order valence-corrected chi connectivity index (χ4v) is 5.68. The van der Waals surface area contributed by atoms with Crippen molar-refractivity contribution < 1.29 is 14.3 Å². The van der Waals surface area contributed by atoms with Crippen molar-refractivity contribution in [1.82, 2.24) is 14.3 Å². The Morgan fingerprint density at radius 3 is 2.96 bits per heavy atom. The summed E-state index contributed by atoms with van der Waals surface area (Å²) in [5.41, 5.74) is 2.03. The van der Waals surface area contributed by atoms with E-state index in [1.807, 2.05) is 45.1 Å². The van der Waals surface area contributed by atoms with Gasteiger partial charge < -0.3 is 14.4 Å². The van der Waals surface area contributed by atoms with Crippen molar-refractivity contribution in [3.63, 3.8) is 0 Å². The summed E-state index contributed by atoms with van der Waals surface area (Å²) >= 11 is 3.07. The first-order valence-corrected chi connectivity index (χ1v) is 10.8. The van der Waals surface area contributed by atoms with E-state index in [9.17, 15) is 4.79 Å². The van der Waals surface area contributed by atoms with Crippen LogP contribution in [0.2, 0.25) is 0 Å². The number of fused-ring (bicyclic) bond motifs is 3. The Bertz CT molecular complexity index is 1180. The second kappa shape index (κ2) is 6.79. The lowest BCUT2D eigenvalue weighted by Crippen LogP contribution is -2.30. The Morgan fingerprint density at radius 1 is 1.25 bits per heavy atom. The normalized spacial score (nSPS) is 16.9. The zero-order valence-corrected chi connectivity index (χ0v) is 17.2. The van der Waals surface area contributed by atoms with Gasteiger partial charge in [-0.1, -0.05) is 0 Å². The first kappa shape index (κ1) is 17.5. The number of benzene rings is 1. The average Bonchev–Trinajstić information content (AvgIpc) is 3.48. The van der Waals surface area contributed by atoms with Gasteiger partial charge in [-0.2, -0.15) is 0 Å². The van der Waals surface area contributed by atoms with Gasteiger partial charge in [0.1, 0.15) is 16.3 Å². The van der Waals surface area contributed by atoms with Crippen molar-refractivity contribution >= 4 is 43.9 Å². The van der Waals surface area contributed by atoms with Crippen molar-refractivity contribution in [2.75, 3.05) is 20.8 Å². The lowest BCUT2D eigenvalue weighted by Gasteiger charge is -2.26. The molecule has 4 aromatic rings. The van der Waals surface area contributed by atoms with Crippen LogP contribution in [0, 0.1) is 0 Å². The van der Waals surface area contributed by atoms with Crippen LogP contribution >= 0.6 is 22.7 Å². The number of imidazole rings is 1. The molecule has 0 aliphatic carbocycles. The lowest BCUT2D eigenvalue weighted by atomic mass is 10.0. The topological polar surface area (TPSA) is 56.1 Å². The molecule has 1 amide bonds. The number of amides is 1. The highest BCUT2D eigenvalue weighted by molar-refractivity contribution is 7.21. The standard InChI is InChI=1S/C20H19N3O3S2/c1-25-12-5-6-13(16(10-12)26-2)14-4-3-7-22(14)19(24)17-11-15-18(28-17)21-20-23(15)8-9-27-20/h5-6,8-11,14H,3-4,7H2,1-2H3. The fourth-order valence-electron chi connectivity index (χ4n) is 3.92. The number of nitrogens with zero attached hydrogens (tertiary/aromatic N) is 3. The highest BCUT2D eigenvalue weighted by Crippen LogP contribution is 2.40. The van der Waals surface area contributed by atoms with E-state index in [1.165, 1.54) is 11.3 Å². The quantitative estimate of drug-likeness (QED) is 0.490. The summed E-state index contributed by atoms with van der Waals surface area (Å²) in [6.45, 7) is 0.745. The minimum absolute atomic E-state index is 0.00611. The molecular weight excluding hydrogens is 394 g/mol. The van der Waals surface area contributed by atoms with E-state index in [1.54, 1.807) is 25.6 Å². The van der Waals surface area contributed by atoms with Gasteiger partial charge in [0, 0.05) is 29.8 Å². The van der Waals surface area contributed by atoms with E-state index in [0.29, 0.717) is 0 Å². The Balaban J connectivity index is 1.49. The minimum atomic E-state index is 0.00611. The highest BCUT2D eigenvalue weighted by Gasteiger charge is 2.33. The monoisotopic (exact) mass is 413 g/mol. The van der Waals surface area contributed by atoms with Crippen LogP contribution in [-0.4, -0.2) is 41.0 Å². The van der Waals surface area contributed by atoms with Crippen molar-refractivity contribution in [1.29, 1.82) is 0 Å². The largest absolute Gasteiger partial charge is 0.497 e. The van der Waals surface area contributed by atoms with E-state index in [4.69, 9.17) is 9.47 Å². The number of aromatic nitrogens is 2. The first-order chi connectivity index (χ1) is 13.7. The van der Waals surface area contributed by atoms with Gasteiger partial charge in [-0.3, -0.25) is 9.20 Å². The van der Waals surface area contributed by atoms with Crippen LogP contribution in [0.15, 0.2) is 35.8 Å². The Labute approximate surface area is 169 Å². The van der Waals surface area contributed by atoms with Gasteiger partial charge in [-0.05, 0) is 31.0 Å². The third-order valence-electron chi connectivity index (χ3n) is 5.26. The van der Waals surface area contributed by atoms with Gasteiger partial charge in [-0.15, -0.1) is 22.7 Å². The van der Waals surface area contributed by atoms with Crippen LogP contribution in [-0.2, 0) is 0 Å². The zero-order chi connectivity index (χ0) is 19.3. The van der Waals surface area contributed by atoms with Crippen LogP contribution in [0.5, 0.6) is 11.5 Å². The van der Waals surface area contributed by atoms with Gasteiger partial charge >= 0.3 is 0 Å². The maximum Gasteiger partial charge on any atom is 0.264 e. The van der Waals surface area contributed by atoms with Gasteiger partial charge in [0.15, 0.2) is 4.96 Å². The van der Waals surface area contributed by atoms with Gasteiger partial charge in [-0.25, -0.2) is 4.98 Å². The van der Waals surface area contributed by atoms with Gasteiger partial charge in [0.2, 0.25) is 0 Å². The number of likely N-dealkylation sites (tertiary alicyclic amines) is 1. The van der Waals surface area contributed by atoms with Crippen molar-refractivity contribution in [3.8, 4) is 11.5 Å². The minimum Gasteiger partial charge on any atom is -0.497 e. The Hall–Kier alpha value is -2.58. The summed E-state index contributed by atoms with van der Waals surface area (Å²) in [6, 6.07) is 7.78. The summed E-state index contributed by atoms with van der Waals surface area (Å²) in [7, 11) is 3.29. The molecule has 6 nitrogen and oxygen atoms in total. The molecule has 28 heavy (non-hydrogen) atoms. The maximum absolute atomic E-state index is 13.3. The van der Waals surface area contributed by atoms with Crippen LogP contribution in [0.1, 0.15) is 34.1 Å². The number of thiazole rings is 1. The molecule has 0 radical (unpaired) electrons. The number of ether oxygens (including phenoxy) is 2. The predicted octanol–water partition coefficient (Wildman–Crippen LogP) is 4.61. The van der Waals surface area contributed by atoms with Crippen LogP contribution in [0.25, 0.3) is 15.3 Å². The fraction of sp³-hybridized carbons (Fsp3) is 0.300. The molecule has 0 saturated carbocycles. The van der Waals surface area contributed by atoms with E-state index in [2.05, 4.69) is 4.98 Å². The van der Waals surface area contributed by atoms with Gasteiger partial charge in [0.25, 0.3) is 5.91 Å². The van der Waals surface area contributed by atoms with E-state index in [-0.39, 0.29) is 11.9 Å². The zero-order valence-electron chi connectivity index (χ0n) is 15.5. The summed E-state index contributed by atoms with van der Waals surface area (Å²) < 4.78 is 12.9. The highest BCUT2D eigenvalue weighted by atomic mass is 32.1. The summed E-state index contributed by atoms with van der Waals surface area (Å²) in [4.78, 5) is 22.5. The Morgan fingerprint density at radius 2 is 2.14 bits per heavy atom. The molecule has 1 atom stereocenters. The van der Waals surface area contributed by atoms with Crippen molar-refractivity contribution in [2.45, 2.75) is 18.9 Å². The number of carbonyl (C=O) groups is 1. The third-order valence-corrected chi connectivity index (χ3v) is 7.03. The van der Waals surface area contributed by atoms with E-state index >= 15 is 0 Å². The van der Waals surface area contributed by atoms with Crippen LogP contribution in [0.3, 0.4) is 0 Å². The predicted molar refractivity (Wildman–Crippen MR) is 111 cm³/mol. The molecule has 5 rings (SSSR count). The molecule has 0 N–H and O–H groups in total. The molecule has 3 aromatic heterocycles. The molecular formula is C20H19N3O3S2. The van der Waals surface area contributed by atoms with Crippen molar-refractivity contribution in [2.24, 2.45) is 0 Å². The second-order valence-electron chi connectivity index (χ2n) is 6.73. The number of rotatable bonds is 4. The lowest BCUT2D eigenvalue weighted by molar-refractivity contribution is 0.0739. The molecule has 0 spiro atoms. The summed E-state index contributed by atoms with van der Waals surface area (Å²) in [5.74, 6) is 1.56. The number of thiophene rings is 1. The smallest absolute Gasteiger partial charge is 0.264 e. The molecule has 1 saturated heterocycles. The van der Waals surface area contributed by atoms with Crippen LogP contribution in [0.4, 0.5) is 0 Å². The molecule has 8 heteroatoms. The Kier molecular flexibility index (Phi) is 4.25. The molecule has 1 unspecified atom stereocenters. The summed E-state index contributed by atoms with van der Waals surface area (Å²) in [6.07, 6.45) is 3.90. The number of methoxy groups -OCH3 is 2. The van der Waals surface area contributed by atoms with Crippen molar-refractivity contribution in [3.05, 3.63) is 46.3 Å².